The molecule has 0 amide bonds. The monoisotopic (exact) mass is 856 g/mol. The van der Waals surface area contributed by atoms with Gasteiger partial charge in [0.25, 0.3) is 6.71 Å². The summed E-state index contributed by atoms with van der Waals surface area (Å²) in [4.78, 5) is 5.17. The van der Waals surface area contributed by atoms with E-state index in [9.17, 15) is 0 Å². The van der Waals surface area contributed by atoms with Gasteiger partial charge in [-0.05, 0) is 142 Å². The maximum Gasteiger partial charge on any atom is 0.252 e. The average molecular weight is 857 g/mol. The number of rotatable bonds is 4. The van der Waals surface area contributed by atoms with Crippen LogP contribution in [0.3, 0.4) is 0 Å². The Kier molecular flexibility index (Phi) is 9.38. The molecule has 0 atom stereocenters. The highest BCUT2D eigenvalue weighted by Gasteiger charge is 2.45. The molecule has 2 aliphatic heterocycles. The summed E-state index contributed by atoms with van der Waals surface area (Å²) in [7, 11) is 0. The van der Waals surface area contributed by atoms with E-state index in [4.69, 9.17) is 0 Å². The first-order valence-electron chi connectivity index (χ1n) is 24.0. The molecule has 66 heavy (non-hydrogen) atoms. The zero-order chi connectivity index (χ0) is 46.1. The van der Waals surface area contributed by atoms with Crippen LogP contribution < -0.4 is 26.2 Å². The molecule has 0 spiro atoms. The van der Waals surface area contributed by atoms with Crippen LogP contribution in [0.1, 0.15) is 104 Å². The van der Waals surface area contributed by atoms with Crippen molar-refractivity contribution >= 4 is 57.2 Å². The van der Waals surface area contributed by atoms with E-state index in [1.807, 2.05) is 0 Å². The molecule has 0 radical (unpaired) electrons. The van der Waals surface area contributed by atoms with E-state index in [0.29, 0.717) is 0 Å². The van der Waals surface area contributed by atoms with E-state index >= 15 is 0 Å². The van der Waals surface area contributed by atoms with Crippen molar-refractivity contribution in [2.45, 2.75) is 97.8 Å². The second kappa shape index (κ2) is 14.7. The van der Waals surface area contributed by atoms with E-state index in [0.717, 1.165) is 0 Å². The van der Waals surface area contributed by atoms with Gasteiger partial charge in [0.2, 0.25) is 0 Å². The van der Waals surface area contributed by atoms with Gasteiger partial charge < -0.3 is 9.80 Å². The topological polar surface area (TPSA) is 6.48 Å². The van der Waals surface area contributed by atoms with Crippen molar-refractivity contribution in [1.29, 1.82) is 0 Å². The number of anilines is 6. The zero-order valence-electron chi connectivity index (χ0n) is 40.6. The summed E-state index contributed by atoms with van der Waals surface area (Å²) in [6, 6.07) is 65.0. The summed E-state index contributed by atoms with van der Waals surface area (Å²) in [5.41, 5.74) is 25.6. The van der Waals surface area contributed by atoms with E-state index in [1.165, 1.54) is 112 Å². The van der Waals surface area contributed by atoms with E-state index in [1.54, 1.807) is 0 Å². The molecule has 326 valence electrons. The number of hydrogen-bond acceptors (Lipinski definition) is 2. The van der Waals surface area contributed by atoms with Crippen LogP contribution in [0.2, 0.25) is 0 Å². The maximum atomic E-state index is 2.60. The first-order chi connectivity index (χ1) is 31.4. The Bertz CT molecular complexity index is 3210. The third kappa shape index (κ3) is 6.60. The number of hydrogen-bond donors (Lipinski definition) is 0. The first-order valence-corrected chi connectivity index (χ1v) is 24.0. The quantitative estimate of drug-likeness (QED) is 0.163. The molecule has 0 bridgehead atoms. The summed E-state index contributed by atoms with van der Waals surface area (Å²) >= 11 is 0. The Morgan fingerprint density at radius 2 is 0.818 bits per heavy atom. The minimum atomic E-state index is -0.113. The summed E-state index contributed by atoms with van der Waals surface area (Å²) in [5.74, 6) is 0. The molecule has 3 aliphatic rings. The Morgan fingerprint density at radius 1 is 0.379 bits per heavy atom. The maximum absolute atomic E-state index is 2.60. The van der Waals surface area contributed by atoms with Crippen molar-refractivity contribution < 1.29 is 0 Å². The van der Waals surface area contributed by atoms with Crippen molar-refractivity contribution in [3.63, 3.8) is 0 Å². The van der Waals surface area contributed by atoms with Gasteiger partial charge in [0.1, 0.15) is 0 Å². The van der Waals surface area contributed by atoms with Crippen molar-refractivity contribution in [1.82, 2.24) is 0 Å². The van der Waals surface area contributed by atoms with Gasteiger partial charge in [-0.1, -0.05) is 197 Å². The van der Waals surface area contributed by atoms with E-state index < -0.39 is 0 Å². The van der Waals surface area contributed by atoms with Gasteiger partial charge in [0, 0.05) is 39.5 Å². The van der Waals surface area contributed by atoms with Gasteiger partial charge in [0.05, 0.1) is 0 Å². The normalized spacial score (nSPS) is 14.6. The molecule has 0 aromatic heterocycles. The van der Waals surface area contributed by atoms with Crippen LogP contribution in [0, 0.1) is 0 Å². The van der Waals surface area contributed by atoms with Crippen molar-refractivity contribution in [2.24, 2.45) is 0 Å². The zero-order valence-corrected chi connectivity index (χ0v) is 40.6. The third-order valence-corrected chi connectivity index (χ3v) is 14.9. The number of benzene rings is 8. The fourth-order valence-electron chi connectivity index (χ4n) is 11.1. The molecular formula is C63H61BN2. The van der Waals surface area contributed by atoms with Crippen LogP contribution in [-0.2, 0) is 21.7 Å². The lowest BCUT2D eigenvalue weighted by Crippen LogP contribution is -2.61. The smallest absolute Gasteiger partial charge is 0.252 e. The SMILES string of the molecule is CC(C)(C)c1ccc2c(c1)N(c1ccc(-c3ccccc3)cc1)c1cc(C(C)(C)C)cc3c1B2c1ccc(C(C)(C)C)cc1N3c1ccc(-c2cccc3c2-c2ccccc2C3(C)C)cc1. The van der Waals surface area contributed by atoms with Crippen molar-refractivity contribution in [3.05, 3.63) is 198 Å². The standard InChI is InChI=1S/C63H61BN2/c1-60(2,3)43-28-34-52-54(36-43)65(46-30-24-41(25-31-46)40-18-13-12-14-19-40)56-38-45(62(7,8)9)39-57-59(56)64(52)53-35-29-44(61(4,5)6)37-55(53)66(57)47-32-26-42(27-33-47)48-21-17-23-51-58(48)49-20-15-16-22-50(49)63(51,10)11/h12-39H,1-11H3. The molecule has 11 rings (SSSR count). The van der Waals surface area contributed by atoms with Crippen LogP contribution >= 0.6 is 0 Å². The molecule has 0 unspecified atom stereocenters. The second-order valence-corrected chi connectivity index (χ2v) is 22.7. The Balaban J connectivity index is 1.15. The lowest BCUT2D eigenvalue weighted by Gasteiger charge is -2.45. The van der Waals surface area contributed by atoms with Crippen molar-refractivity contribution in [2.75, 3.05) is 9.80 Å². The Hall–Kier alpha value is -6.58. The highest BCUT2D eigenvalue weighted by Crippen LogP contribution is 2.53. The molecule has 3 heteroatoms. The lowest BCUT2D eigenvalue weighted by atomic mass is 9.33. The van der Waals surface area contributed by atoms with Crippen LogP contribution in [0.5, 0.6) is 0 Å². The molecule has 2 nitrogen and oxygen atoms in total. The Labute approximate surface area is 394 Å². The van der Waals surface area contributed by atoms with Gasteiger partial charge in [-0.3, -0.25) is 0 Å². The molecular weight excluding hydrogens is 796 g/mol. The summed E-state index contributed by atoms with van der Waals surface area (Å²) in [6.45, 7) is 25.9. The number of fused-ring (bicyclic) bond motifs is 7. The molecule has 8 aromatic carbocycles. The predicted molar refractivity (Wildman–Crippen MR) is 285 cm³/mol. The fourth-order valence-corrected chi connectivity index (χ4v) is 11.1. The molecule has 0 saturated carbocycles. The highest BCUT2D eigenvalue weighted by molar-refractivity contribution is 7.00. The Morgan fingerprint density at radius 3 is 1.35 bits per heavy atom. The molecule has 8 aromatic rings. The summed E-state index contributed by atoms with van der Waals surface area (Å²) in [6.07, 6.45) is 0. The molecule has 1 aliphatic carbocycles. The van der Waals surface area contributed by atoms with Crippen LogP contribution in [0.25, 0.3) is 33.4 Å². The fraction of sp³-hybridized carbons (Fsp3) is 0.238. The highest BCUT2D eigenvalue weighted by atomic mass is 15.2. The van der Waals surface area contributed by atoms with Gasteiger partial charge in [-0.25, -0.2) is 0 Å². The van der Waals surface area contributed by atoms with E-state index in [-0.39, 0.29) is 28.4 Å². The molecule has 0 N–H and O–H groups in total. The third-order valence-electron chi connectivity index (χ3n) is 14.9. The van der Waals surface area contributed by atoms with Gasteiger partial charge >= 0.3 is 0 Å². The molecule has 2 heterocycles. The van der Waals surface area contributed by atoms with Gasteiger partial charge in [-0.2, -0.15) is 0 Å². The summed E-state index contributed by atoms with van der Waals surface area (Å²) in [5, 5.41) is 0. The second-order valence-electron chi connectivity index (χ2n) is 22.7. The van der Waals surface area contributed by atoms with Crippen molar-refractivity contribution in [3.8, 4) is 33.4 Å². The van der Waals surface area contributed by atoms with E-state index in [2.05, 4.69) is 256 Å². The van der Waals surface area contributed by atoms with Crippen LogP contribution in [0.4, 0.5) is 34.1 Å². The average Bonchev–Trinajstić information content (AvgIpc) is 3.53. The van der Waals surface area contributed by atoms with Crippen LogP contribution in [-0.4, -0.2) is 6.71 Å². The minimum Gasteiger partial charge on any atom is -0.311 e. The number of nitrogens with zero attached hydrogens (tertiary/aromatic N) is 2. The van der Waals surface area contributed by atoms with Gasteiger partial charge in [-0.15, -0.1) is 0 Å². The van der Waals surface area contributed by atoms with Gasteiger partial charge in [0.15, 0.2) is 0 Å². The first kappa shape index (κ1) is 42.1. The minimum absolute atomic E-state index is 0.0228. The predicted octanol–water partition coefficient (Wildman–Crippen LogP) is 15.3. The lowest BCUT2D eigenvalue weighted by molar-refractivity contribution is 0.590. The largest absolute Gasteiger partial charge is 0.311 e. The molecule has 0 fully saturated rings. The van der Waals surface area contributed by atoms with Crippen LogP contribution in [0.15, 0.2) is 170 Å². The summed E-state index contributed by atoms with van der Waals surface area (Å²) < 4.78 is 0. The molecule has 0 saturated heterocycles.